The van der Waals surface area contributed by atoms with E-state index in [-0.39, 0.29) is 24.9 Å². The Hall–Kier alpha value is -3.69. The molecule has 10 heteroatoms. The molecule has 2 heterocycles. The number of benzene rings is 1. The lowest BCUT2D eigenvalue weighted by Gasteiger charge is -2.27. The van der Waals surface area contributed by atoms with E-state index >= 15 is 0 Å². The number of ketones is 1. The van der Waals surface area contributed by atoms with Crippen LogP contribution in [0.5, 0.6) is 0 Å². The van der Waals surface area contributed by atoms with Crippen LogP contribution in [0, 0.1) is 5.92 Å². The summed E-state index contributed by atoms with van der Waals surface area (Å²) in [5.74, 6) is -3.21. The van der Waals surface area contributed by atoms with E-state index in [0.717, 1.165) is 49.4 Å². The van der Waals surface area contributed by atoms with Crippen LogP contribution >= 0.6 is 0 Å². The third-order valence-electron chi connectivity index (χ3n) is 7.33. The molecule has 1 unspecified atom stereocenters. The topological polar surface area (TPSA) is 138 Å². The van der Waals surface area contributed by atoms with Gasteiger partial charge in [-0.1, -0.05) is 37.5 Å². The zero-order chi connectivity index (χ0) is 26.4. The predicted molar refractivity (Wildman–Crippen MR) is 138 cm³/mol. The quantitative estimate of drug-likeness (QED) is 0.378. The van der Waals surface area contributed by atoms with Crippen LogP contribution in [0.4, 0.5) is 0 Å². The van der Waals surface area contributed by atoms with Crippen LogP contribution in [0.15, 0.2) is 30.3 Å². The van der Waals surface area contributed by atoms with Gasteiger partial charge in [0, 0.05) is 36.5 Å². The maximum absolute atomic E-state index is 13.1. The SMILES string of the molecule is Cn1c(C(=O)NCC(=O)N[C@@H](CC2CCCNC2=O)C(=O)C(=O)NC2CCCCC2)cc2ccccc21. The molecule has 2 aromatic rings. The van der Waals surface area contributed by atoms with E-state index in [4.69, 9.17) is 0 Å². The average molecular weight is 510 g/mol. The molecule has 10 nitrogen and oxygen atoms in total. The van der Waals surface area contributed by atoms with Crippen molar-refractivity contribution in [1.29, 1.82) is 0 Å². The zero-order valence-corrected chi connectivity index (χ0v) is 21.2. The summed E-state index contributed by atoms with van der Waals surface area (Å²) in [6.07, 6.45) is 6.12. The average Bonchev–Trinajstić information content (AvgIpc) is 3.24. The molecule has 1 aliphatic carbocycles. The fourth-order valence-electron chi connectivity index (χ4n) is 5.24. The van der Waals surface area contributed by atoms with Crippen molar-refractivity contribution in [3.8, 4) is 0 Å². The number of aryl methyl sites for hydroxylation is 1. The number of Topliss-reactive ketones (excluding diaryl/α,β-unsaturated/α-hetero) is 1. The molecule has 1 aliphatic heterocycles. The van der Waals surface area contributed by atoms with Gasteiger partial charge in [-0.2, -0.15) is 0 Å². The van der Waals surface area contributed by atoms with Crippen molar-refractivity contribution in [2.24, 2.45) is 13.0 Å². The van der Waals surface area contributed by atoms with E-state index in [9.17, 15) is 24.0 Å². The third kappa shape index (κ3) is 6.55. The van der Waals surface area contributed by atoms with E-state index in [2.05, 4.69) is 21.3 Å². The molecular weight excluding hydrogens is 474 g/mol. The fraction of sp³-hybridized carbons (Fsp3) is 0.519. The normalized spacial score (nSPS) is 19.1. The largest absolute Gasteiger partial charge is 0.356 e. The second kappa shape index (κ2) is 12.0. The lowest BCUT2D eigenvalue weighted by atomic mass is 9.89. The Morgan fingerprint density at radius 2 is 1.81 bits per heavy atom. The smallest absolute Gasteiger partial charge is 0.289 e. The maximum atomic E-state index is 13.1. The molecule has 37 heavy (non-hydrogen) atoms. The van der Waals surface area contributed by atoms with Crippen molar-refractivity contribution in [2.75, 3.05) is 13.1 Å². The summed E-state index contributed by atoms with van der Waals surface area (Å²) >= 11 is 0. The number of hydrogen-bond donors (Lipinski definition) is 4. The summed E-state index contributed by atoms with van der Waals surface area (Å²) in [6, 6.07) is 8.09. The van der Waals surface area contributed by atoms with Gasteiger partial charge in [0.2, 0.25) is 17.6 Å². The minimum Gasteiger partial charge on any atom is -0.356 e. The van der Waals surface area contributed by atoms with Gasteiger partial charge in [0.1, 0.15) is 5.69 Å². The molecule has 4 N–H and O–H groups in total. The number of carbonyl (C=O) groups is 5. The summed E-state index contributed by atoms with van der Waals surface area (Å²) in [7, 11) is 1.77. The van der Waals surface area contributed by atoms with E-state index in [1.165, 1.54) is 0 Å². The molecule has 1 aromatic carbocycles. The summed E-state index contributed by atoms with van der Waals surface area (Å²) in [5, 5.41) is 11.7. The molecular formula is C27H35N5O5. The van der Waals surface area contributed by atoms with Crippen LogP contribution in [-0.4, -0.2) is 59.2 Å². The predicted octanol–water partition coefficient (Wildman–Crippen LogP) is 1.33. The number of piperidine rings is 1. The second-order valence-electron chi connectivity index (χ2n) is 9.99. The van der Waals surface area contributed by atoms with Crippen LogP contribution in [0.1, 0.15) is 61.9 Å². The van der Waals surface area contributed by atoms with Gasteiger partial charge in [0.15, 0.2) is 0 Å². The Morgan fingerprint density at radius 1 is 1.05 bits per heavy atom. The number of hydrogen-bond acceptors (Lipinski definition) is 5. The van der Waals surface area contributed by atoms with Gasteiger partial charge in [-0.3, -0.25) is 24.0 Å². The number of nitrogens with one attached hydrogen (secondary N) is 4. The lowest BCUT2D eigenvalue weighted by Crippen LogP contribution is -2.53. The van der Waals surface area contributed by atoms with Crippen LogP contribution in [0.2, 0.25) is 0 Å². The number of para-hydroxylation sites is 1. The van der Waals surface area contributed by atoms with Crippen LogP contribution in [0.3, 0.4) is 0 Å². The van der Waals surface area contributed by atoms with Crippen molar-refractivity contribution in [3.05, 3.63) is 36.0 Å². The second-order valence-corrected chi connectivity index (χ2v) is 9.99. The van der Waals surface area contributed by atoms with Crippen LogP contribution in [-0.2, 0) is 26.2 Å². The maximum Gasteiger partial charge on any atom is 0.289 e. The van der Waals surface area contributed by atoms with E-state index in [1.54, 1.807) is 17.7 Å². The Labute approximate surface area is 215 Å². The van der Waals surface area contributed by atoms with Gasteiger partial charge in [-0.15, -0.1) is 0 Å². The van der Waals surface area contributed by atoms with Gasteiger partial charge < -0.3 is 25.8 Å². The first-order valence-corrected chi connectivity index (χ1v) is 13.1. The summed E-state index contributed by atoms with van der Waals surface area (Å²) in [6.45, 7) is 0.202. The highest BCUT2D eigenvalue weighted by Crippen LogP contribution is 2.20. The molecule has 4 amide bonds. The van der Waals surface area contributed by atoms with E-state index < -0.39 is 35.5 Å². The Morgan fingerprint density at radius 3 is 2.54 bits per heavy atom. The van der Waals surface area contributed by atoms with E-state index in [0.29, 0.717) is 18.7 Å². The monoisotopic (exact) mass is 509 g/mol. The summed E-state index contributed by atoms with van der Waals surface area (Å²) < 4.78 is 1.74. The molecule has 4 rings (SSSR count). The standard InChI is InChI=1S/C27H35N5O5/c1-32-21-12-6-5-8-17(21)15-22(32)26(36)29-16-23(33)31-20(14-18-9-7-13-28-25(18)35)24(34)27(37)30-19-10-3-2-4-11-19/h5-6,8,12,15,18-20H,2-4,7,9-11,13-14,16H2,1H3,(H,28,35)(H,29,36)(H,30,37)(H,31,33)/t18?,20-/m0/s1. The number of rotatable bonds is 9. The first-order chi connectivity index (χ1) is 17.8. The molecule has 1 saturated heterocycles. The van der Waals surface area contributed by atoms with Crippen LogP contribution in [0.25, 0.3) is 10.9 Å². The number of fused-ring (bicyclic) bond motifs is 1. The van der Waals surface area contributed by atoms with Gasteiger partial charge in [0.25, 0.3) is 11.8 Å². The molecule has 2 aliphatic rings. The Bertz CT molecular complexity index is 1180. The van der Waals surface area contributed by atoms with Crippen LogP contribution < -0.4 is 21.3 Å². The summed E-state index contributed by atoms with van der Waals surface area (Å²) in [4.78, 5) is 63.7. The fourth-order valence-corrected chi connectivity index (χ4v) is 5.24. The number of nitrogens with zero attached hydrogens (tertiary/aromatic N) is 1. The van der Waals surface area contributed by atoms with Gasteiger partial charge >= 0.3 is 0 Å². The Balaban J connectivity index is 1.39. The molecule has 0 bridgehead atoms. The lowest BCUT2D eigenvalue weighted by molar-refractivity contribution is -0.141. The van der Waals surface area contributed by atoms with Gasteiger partial charge in [-0.05, 0) is 44.2 Å². The third-order valence-corrected chi connectivity index (χ3v) is 7.33. The van der Waals surface area contributed by atoms with Crippen molar-refractivity contribution < 1.29 is 24.0 Å². The minimum atomic E-state index is -1.15. The van der Waals surface area contributed by atoms with Crippen molar-refractivity contribution >= 4 is 40.3 Å². The first-order valence-electron chi connectivity index (χ1n) is 13.1. The molecule has 198 valence electrons. The number of aromatic nitrogens is 1. The van der Waals surface area contributed by atoms with Gasteiger partial charge in [-0.25, -0.2) is 0 Å². The highest BCUT2D eigenvalue weighted by molar-refractivity contribution is 6.38. The molecule has 1 saturated carbocycles. The number of amides is 4. The summed E-state index contributed by atoms with van der Waals surface area (Å²) in [5.41, 5.74) is 1.28. The van der Waals surface area contributed by atoms with E-state index in [1.807, 2.05) is 24.3 Å². The zero-order valence-electron chi connectivity index (χ0n) is 21.2. The molecule has 0 radical (unpaired) electrons. The minimum absolute atomic E-state index is 0.0334. The molecule has 2 fully saturated rings. The highest BCUT2D eigenvalue weighted by Gasteiger charge is 2.34. The highest BCUT2D eigenvalue weighted by atomic mass is 16.2. The molecule has 0 spiro atoms. The van der Waals surface area contributed by atoms with Crippen molar-refractivity contribution in [2.45, 2.75) is 63.5 Å². The first kappa shape index (κ1) is 26.4. The molecule has 2 atom stereocenters. The Kier molecular flexibility index (Phi) is 8.58. The van der Waals surface area contributed by atoms with Gasteiger partial charge in [0.05, 0.1) is 12.6 Å². The number of carbonyl (C=O) groups excluding carboxylic acids is 5. The van der Waals surface area contributed by atoms with Crippen molar-refractivity contribution in [3.63, 3.8) is 0 Å². The van der Waals surface area contributed by atoms with Crippen molar-refractivity contribution in [1.82, 2.24) is 25.8 Å². The molecule has 1 aromatic heterocycles.